The second kappa shape index (κ2) is 11.2. The first-order valence-corrected chi connectivity index (χ1v) is 11.9. The fourth-order valence-electron chi connectivity index (χ4n) is 4.18. The van der Waals surface area contributed by atoms with Crippen molar-refractivity contribution in [3.8, 4) is 11.4 Å². The molecule has 2 atom stereocenters. The van der Waals surface area contributed by atoms with Crippen molar-refractivity contribution in [2.45, 2.75) is 39.0 Å². The van der Waals surface area contributed by atoms with Crippen LogP contribution in [0.3, 0.4) is 0 Å². The zero-order chi connectivity index (χ0) is 23.9. The Labute approximate surface area is 203 Å². The molecule has 0 spiro atoms. The van der Waals surface area contributed by atoms with Crippen LogP contribution in [0.5, 0.6) is 0 Å². The molecule has 0 unspecified atom stereocenters. The highest BCUT2D eigenvalue weighted by atomic mass is 15.1. The lowest BCUT2D eigenvalue weighted by molar-refractivity contribution is 0.250. The molecule has 0 amide bonds. The minimum atomic E-state index is 0.315. The lowest BCUT2D eigenvalue weighted by Gasteiger charge is -2.25. The number of nitrogens with zero attached hydrogens (tertiary/aromatic N) is 4. The molecule has 0 aliphatic rings. The third-order valence-corrected chi connectivity index (χ3v) is 6.59. The first kappa shape index (κ1) is 23.8. The second-order valence-corrected chi connectivity index (χ2v) is 9.03. The van der Waals surface area contributed by atoms with E-state index in [1.165, 1.54) is 11.1 Å². The molecule has 4 rings (SSSR count). The minimum Gasteiger partial charge on any atom is -0.294 e. The molecule has 4 aromatic rings. The standard InChI is InChI=1S/C30H34N4/c1-23(25-13-7-5-8-14-25)33(3)21-27-17-11-19-29(31-27)30-20-12-18-28(32-30)22-34(4)24(2)26-15-9-6-10-16-26/h5-20,23-24H,21-22H2,1-4H3/t23-,24-/m1/s1. The van der Waals surface area contributed by atoms with Gasteiger partial charge in [-0.25, -0.2) is 9.97 Å². The molecule has 4 heteroatoms. The monoisotopic (exact) mass is 450 g/mol. The number of benzene rings is 2. The highest BCUT2D eigenvalue weighted by molar-refractivity contribution is 5.54. The molecule has 0 saturated heterocycles. The molecule has 2 aromatic carbocycles. The fraction of sp³-hybridized carbons (Fsp3) is 0.267. The second-order valence-electron chi connectivity index (χ2n) is 9.03. The van der Waals surface area contributed by atoms with E-state index in [0.29, 0.717) is 12.1 Å². The van der Waals surface area contributed by atoms with Crippen LogP contribution in [-0.4, -0.2) is 33.9 Å². The first-order chi connectivity index (χ1) is 16.5. The quantitative estimate of drug-likeness (QED) is 0.290. The van der Waals surface area contributed by atoms with Crippen molar-refractivity contribution in [2.75, 3.05) is 14.1 Å². The molecular weight excluding hydrogens is 416 g/mol. The van der Waals surface area contributed by atoms with Crippen molar-refractivity contribution in [3.05, 3.63) is 120 Å². The topological polar surface area (TPSA) is 32.3 Å². The number of aromatic nitrogens is 2. The lowest BCUT2D eigenvalue weighted by atomic mass is 10.1. The Morgan fingerprint density at radius 2 is 0.912 bits per heavy atom. The van der Waals surface area contributed by atoms with Crippen LogP contribution in [-0.2, 0) is 13.1 Å². The van der Waals surface area contributed by atoms with Crippen LogP contribution in [0.2, 0.25) is 0 Å². The number of hydrogen-bond donors (Lipinski definition) is 0. The summed E-state index contributed by atoms with van der Waals surface area (Å²) >= 11 is 0. The van der Waals surface area contributed by atoms with Gasteiger partial charge in [0.2, 0.25) is 0 Å². The molecule has 2 heterocycles. The van der Waals surface area contributed by atoms with Gasteiger partial charge < -0.3 is 0 Å². The zero-order valence-corrected chi connectivity index (χ0v) is 20.6. The maximum Gasteiger partial charge on any atom is 0.0890 e. The van der Waals surface area contributed by atoms with Crippen LogP contribution < -0.4 is 0 Å². The Bertz CT molecular complexity index is 1080. The van der Waals surface area contributed by atoms with E-state index in [1.54, 1.807) is 0 Å². The third kappa shape index (κ3) is 5.96. The van der Waals surface area contributed by atoms with Gasteiger partial charge >= 0.3 is 0 Å². The van der Waals surface area contributed by atoms with Gasteiger partial charge in [0.15, 0.2) is 0 Å². The van der Waals surface area contributed by atoms with Gasteiger partial charge in [-0.1, -0.05) is 72.8 Å². The summed E-state index contributed by atoms with van der Waals surface area (Å²) in [6, 6.07) is 34.3. The Kier molecular flexibility index (Phi) is 7.84. The maximum absolute atomic E-state index is 4.94. The van der Waals surface area contributed by atoms with Gasteiger partial charge in [-0.3, -0.25) is 9.80 Å². The van der Waals surface area contributed by atoms with Crippen molar-refractivity contribution in [1.82, 2.24) is 19.8 Å². The van der Waals surface area contributed by atoms with Crippen molar-refractivity contribution in [2.24, 2.45) is 0 Å². The molecule has 2 aromatic heterocycles. The Morgan fingerprint density at radius 1 is 0.529 bits per heavy atom. The van der Waals surface area contributed by atoms with Crippen molar-refractivity contribution >= 4 is 0 Å². The van der Waals surface area contributed by atoms with E-state index in [2.05, 4.69) is 123 Å². The van der Waals surface area contributed by atoms with Crippen LogP contribution in [0.15, 0.2) is 97.1 Å². The largest absolute Gasteiger partial charge is 0.294 e. The van der Waals surface area contributed by atoms with Crippen molar-refractivity contribution in [1.29, 1.82) is 0 Å². The van der Waals surface area contributed by atoms with Gasteiger partial charge in [-0.05, 0) is 63.3 Å². The van der Waals surface area contributed by atoms with E-state index < -0.39 is 0 Å². The van der Waals surface area contributed by atoms with Crippen molar-refractivity contribution in [3.63, 3.8) is 0 Å². The molecule has 4 nitrogen and oxygen atoms in total. The molecule has 34 heavy (non-hydrogen) atoms. The third-order valence-electron chi connectivity index (χ3n) is 6.59. The fourth-order valence-corrected chi connectivity index (χ4v) is 4.18. The molecule has 0 saturated carbocycles. The van der Waals surface area contributed by atoms with E-state index in [9.17, 15) is 0 Å². The van der Waals surface area contributed by atoms with Crippen LogP contribution >= 0.6 is 0 Å². The van der Waals surface area contributed by atoms with Gasteiger partial charge in [-0.2, -0.15) is 0 Å². The summed E-state index contributed by atoms with van der Waals surface area (Å²) < 4.78 is 0. The zero-order valence-electron chi connectivity index (χ0n) is 20.6. The number of rotatable bonds is 9. The van der Waals surface area contributed by atoms with Crippen LogP contribution in [0.25, 0.3) is 11.4 Å². The molecule has 0 aliphatic carbocycles. The van der Waals surface area contributed by atoms with E-state index in [1.807, 2.05) is 12.1 Å². The first-order valence-electron chi connectivity index (χ1n) is 11.9. The summed E-state index contributed by atoms with van der Waals surface area (Å²) in [5, 5.41) is 0. The minimum absolute atomic E-state index is 0.315. The Balaban J connectivity index is 1.46. The molecule has 0 aliphatic heterocycles. The molecule has 0 fully saturated rings. The average molecular weight is 451 g/mol. The smallest absolute Gasteiger partial charge is 0.0890 e. The van der Waals surface area contributed by atoms with Crippen molar-refractivity contribution < 1.29 is 0 Å². The highest BCUT2D eigenvalue weighted by Crippen LogP contribution is 2.23. The number of pyridine rings is 2. The van der Waals surface area contributed by atoms with Crippen LogP contribution in [0.1, 0.15) is 48.4 Å². The van der Waals surface area contributed by atoms with Gasteiger partial charge in [0.25, 0.3) is 0 Å². The molecule has 0 N–H and O–H groups in total. The summed E-state index contributed by atoms with van der Waals surface area (Å²) in [5.74, 6) is 0. The predicted molar refractivity (Wildman–Crippen MR) is 140 cm³/mol. The predicted octanol–water partition coefficient (Wildman–Crippen LogP) is 6.53. The Hall–Kier alpha value is -3.34. The van der Waals surface area contributed by atoms with Gasteiger partial charge in [-0.15, -0.1) is 0 Å². The van der Waals surface area contributed by atoms with Crippen LogP contribution in [0, 0.1) is 0 Å². The molecule has 0 radical (unpaired) electrons. The summed E-state index contributed by atoms with van der Waals surface area (Å²) in [7, 11) is 4.29. The van der Waals surface area contributed by atoms with E-state index >= 15 is 0 Å². The highest BCUT2D eigenvalue weighted by Gasteiger charge is 2.15. The number of hydrogen-bond acceptors (Lipinski definition) is 4. The summed E-state index contributed by atoms with van der Waals surface area (Å²) in [6.45, 7) is 6.02. The van der Waals surface area contributed by atoms with Gasteiger partial charge in [0, 0.05) is 25.2 Å². The lowest BCUT2D eigenvalue weighted by Crippen LogP contribution is -2.22. The van der Waals surface area contributed by atoms with E-state index in [0.717, 1.165) is 35.9 Å². The van der Waals surface area contributed by atoms with Gasteiger partial charge in [0.05, 0.1) is 22.8 Å². The van der Waals surface area contributed by atoms with E-state index in [-0.39, 0.29) is 0 Å². The normalized spacial score (nSPS) is 13.2. The van der Waals surface area contributed by atoms with E-state index in [4.69, 9.17) is 9.97 Å². The molecule has 174 valence electrons. The summed E-state index contributed by atoms with van der Waals surface area (Å²) in [5.41, 5.74) is 6.54. The Morgan fingerprint density at radius 3 is 1.29 bits per heavy atom. The van der Waals surface area contributed by atoms with Crippen LogP contribution in [0.4, 0.5) is 0 Å². The summed E-state index contributed by atoms with van der Waals surface area (Å²) in [6.07, 6.45) is 0. The molecule has 0 bridgehead atoms. The average Bonchev–Trinajstić information content (AvgIpc) is 2.89. The maximum atomic E-state index is 4.94. The van der Waals surface area contributed by atoms with Gasteiger partial charge in [0.1, 0.15) is 0 Å². The summed E-state index contributed by atoms with van der Waals surface area (Å²) in [4.78, 5) is 14.5. The SMILES string of the molecule is C[C@H](c1ccccc1)N(C)Cc1cccc(-c2cccc(CN(C)[C@H](C)c3ccccc3)n2)n1. The molecular formula is C30H34N4.